The molecule has 0 radical (unpaired) electrons. The molecule has 2 N–H and O–H groups in total. The Labute approximate surface area is 151 Å². The van der Waals surface area contributed by atoms with Gasteiger partial charge >= 0.3 is 5.97 Å². The molecule has 25 heavy (non-hydrogen) atoms. The summed E-state index contributed by atoms with van der Waals surface area (Å²) in [6.45, 7) is 0.168. The molecule has 5 nitrogen and oxygen atoms in total. The van der Waals surface area contributed by atoms with Crippen LogP contribution >= 0.6 is 11.8 Å². The van der Waals surface area contributed by atoms with Crippen molar-refractivity contribution in [3.63, 3.8) is 0 Å². The zero-order chi connectivity index (χ0) is 17.8. The summed E-state index contributed by atoms with van der Waals surface area (Å²) in [5.41, 5.74) is 7.50. The lowest BCUT2D eigenvalue weighted by Gasteiger charge is -2.47. The van der Waals surface area contributed by atoms with Crippen LogP contribution in [0, 0.1) is 0 Å². The second-order valence-corrected chi connectivity index (χ2v) is 6.76. The number of nitrogens with zero attached hydrogens (tertiary/aromatic N) is 1. The molecule has 1 aliphatic rings. The number of rotatable bonds is 6. The maximum atomic E-state index is 12.8. The highest BCUT2D eigenvalue weighted by molar-refractivity contribution is 7.99. The van der Waals surface area contributed by atoms with Crippen molar-refractivity contribution in [3.05, 3.63) is 71.8 Å². The van der Waals surface area contributed by atoms with Crippen LogP contribution < -0.4 is 5.73 Å². The fourth-order valence-electron chi connectivity index (χ4n) is 2.90. The molecule has 2 aromatic rings. The quantitative estimate of drug-likeness (QED) is 0.635. The molecule has 130 valence electrons. The van der Waals surface area contributed by atoms with Crippen LogP contribution in [-0.2, 0) is 20.9 Å². The van der Waals surface area contributed by atoms with Gasteiger partial charge in [0.2, 0.25) is 5.91 Å². The molecule has 1 fully saturated rings. The molecule has 1 saturated heterocycles. The van der Waals surface area contributed by atoms with E-state index in [-0.39, 0.29) is 17.9 Å². The van der Waals surface area contributed by atoms with Gasteiger partial charge in [-0.25, -0.2) is 4.79 Å². The highest BCUT2D eigenvalue weighted by Gasteiger charge is 2.51. The summed E-state index contributed by atoms with van der Waals surface area (Å²) in [5.74, 6) is -0.681. The molecule has 2 aromatic carbocycles. The summed E-state index contributed by atoms with van der Waals surface area (Å²) in [7, 11) is 0. The van der Waals surface area contributed by atoms with Crippen molar-refractivity contribution in [1.82, 2.24) is 4.90 Å². The second kappa shape index (κ2) is 7.72. The van der Waals surface area contributed by atoms with Crippen LogP contribution in [0.1, 0.15) is 17.2 Å². The van der Waals surface area contributed by atoms with Gasteiger partial charge in [0.25, 0.3) is 0 Å². The molecule has 0 saturated carbocycles. The number of hydrogen-bond acceptors (Lipinski definition) is 5. The van der Waals surface area contributed by atoms with Crippen molar-refractivity contribution in [2.45, 2.75) is 24.1 Å². The van der Waals surface area contributed by atoms with Crippen LogP contribution in [0.2, 0.25) is 0 Å². The first-order chi connectivity index (χ1) is 12.1. The Morgan fingerprint density at radius 2 is 1.76 bits per heavy atom. The van der Waals surface area contributed by atoms with E-state index in [4.69, 9.17) is 10.5 Å². The van der Waals surface area contributed by atoms with Crippen LogP contribution in [0.3, 0.4) is 0 Å². The van der Waals surface area contributed by atoms with Crippen molar-refractivity contribution in [2.75, 3.05) is 6.26 Å². The fourth-order valence-corrected chi connectivity index (χ4v) is 3.76. The predicted molar refractivity (Wildman–Crippen MR) is 97.5 cm³/mol. The molecule has 0 aliphatic carbocycles. The number of amides is 1. The van der Waals surface area contributed by atoms with Gasteiger partial charge in [-0.1, -0.05) is 60.7 Å². The normalized spacial score (nSPS) is 20.7. The maximum Gasteiger partial charge on any atom is 0.333 e. The van der Waals surface area contributed by atoms with Gasteiger partial charge in [-0.2, -0.15) is 0 Å². The zero-order valence-electron chi connectivity index (χ0n) is 13.9. The van der Waals surface area contributed by atoms with Gasteiger partial charge in [-0.05, 0) is 17.4 Å². The summed E-state index contributed by atoms with van der Waals surface area (Å²) >= 11 is 1.46. The molecule has 3 rings (SSSR count). The number of carbonyl (C=O) groups is 2. The molecule has 0 bridgehead atoms. The van der Waals surface area contributed by atoms with Crippen LogP contribution in [0.15, 0.2) is 60.7 Å². The standard InChI is InChI=1S/C19H20N2O3S/c1-25-18-15(20)17(22)21(18)16(14-10-6-3-7-11-14)19(23)24-12-13-8-4-2-5-9-13/h2-11,15-16,18H,12,20H2,1H3. The smallest absolute Gasteiger partial charge is 0.333 e. The predicted octanol–water partition coefficient (Wildman–Crippen LogP) is 2.33. The number of likely N-dealkylation sites (tertiary alicyclic amines) is 1. The SMILES string of the molecule is CSC1C(N)C(=O)N1C(C(=O)OCc1ccccc1)c1ccccc1. The Morgan fingerprint density at radius 1 is 1.16 bits per heavy atom. The Balaban J connectivity index is 1.82. The van der Waals surface area contributed by atoms with E-state index in [0.717, 1.165) is 11.1 Å². The maximum absolute atomic E-state index is 12.8. The van der Waals surface area contributed by atoms with E-state index in [1.807, 2.05) is 66.9 Å². The molecule has 0 aromatic heterocycles. The molecular formula is C19H20N2O3S. The topological polar surface area (TPSA) is 72.6 Å². The van der Waals surface area contributed by atoms with Gasteiger partial charge in [0.15, 0.2) is 6.04 Å². The highest BCUT2D eigenvalue weighted by atomic mass is 32.2. The van der Waals surface area contributed by atoms with Crippen molar-refractivity contribution >= 4 is 23.6 Å². The minimum atomic E-state index is -0.783. The van der Waals surface area contributed by atoms with Gasteiger partial charge in [0, 0.05) is 0 Å². The minimum Gasteiger partial charge on any atom is -0.459 e. The number of thioether (sulfide) groups is 1. The van der Waals surface area contributed by atoms with Crippen molar-refractivity contribution in [1.29, 1.82) is 0 Å². The zero-order valence-corrected chi connectivity index (χ0v) is 14.7. The Hall–Kier alpha value is -2.31. The lowest BCUT2D eigenvalue weighted by Crippen LogP contribution is -2.68. The van der Waals surface area contributed by atoms with Gasteiger partial charge in [-0.3, -0.25) is 4.79 Å². The highest BCUT2D eigenvalue weighted by Crippen LogP contribution is 2.36. The third kappa shape index (κ3) is 3.55. The Bertz CT molecular complexity index is 739. The van der Waals surface area contributed by atoms with Crippen molar-refractivity contribution in [3.8, 4) is 0 Å². The number of hydrogen-bond donors (Lipinski definition) is 1. The molecule has 3 atom stereocenters. The molecule has 1 amide bonds. The lowest BCUT2D eigenvalue weighted by molar-refractivity contribution is -0.164. The summed E-state index contributed by atoms with van der Waals surface area (Å²) in [5, 5.41) is -0.234. The molecule has 6 heteroatoms. The van der Waals surface area contributed by atoms with E-state index in [0.29, 0.717) is 0 Å². The van der Waals surface area contributed by atoms with Crippen molar-refractivity contribution < 1.29 is 14.3 Å². The first-order valence-corrected chi connectivity index (χ1v) is 9.28. The van der Waals surface area contributed by atoms with Crippen LogP contribution in [0.25, 0.3) is 0 Å². The van der Waals surface area contributed by atoms with E-state index in [9.17, 15) is 9.59 Å². The van der Waals surface area contributed by atoms with Gasteiger partial charge in [-0.15, -0.1) is 11.8 Å². The van der Waals surface area contributed by atoms with E-state index in [2.05, 4.69) is 0 Å². The van der Waals surface area contributed by atoms with E-state index in [1.165, 1.54) is 16.7 Å². The monoisotopic (exact) mass is 356 g/mol. The van der Waals surface area contributed by atoms with Gasteiger partial charge in [0.05, 0.1) is 0 Å². The largest absolute Gasteiger partial charge is 0.459 e. The molecular weight excluding hydrogens is 336 g/mol. The third-order valence-corrected chi connectivity index (χ3v) is 5.21. The van der Waals surface area contributed by atoms with Crippen LogP contribution in [-0.4, -0.2) is 34.4 Å². The number of ether oxygens (including phenoxy) is 1. The van der Waals surface area contributed by atoms with Crippen LogP contribution in [0.5, 0.6) is 0 Å². The number of β-lactam (4-membered cyclic amide) rings is 1. The van der Waals surface area contributed by atoms with E-state index < -0.39 is 18.1 Å². The summed E-state index contributed by atoms with van der Waals surface area (Å²) in [6, 6.07) is 17.3. The van der Waals surface area contributed by atoms with E-state index >= 15 is 0 Å². The first kappa shape index (κ1) is 17.5. The lowest BCUT2D eigenvalue weighted by atomic mass is 9.98. The Kier molecular flexibility index (Phi) is 5.40. The average molecular weight is 356 g/mol. The molecule has 0 spiro atoms. The minimum absolute atomic E-state index is 0.168. The Morgan fingerprint density at radius 3 is 2.36 bits per heavy atom. The molecule has 1 aliphatic heterocycles. The number of nitrogens with two attached hydrogens (primary N) is 1. The number of carbonyl (C=O) groups excluding carboxylic acids is 2. The average Bonchev–Trinajstić information content (AvgIpc) is 2.67. The summed E-state index contributed by atoms with van der Waals surface area (Å²) in [6.07, 6.45) is 1.88. The summed E-state index contributed by atoms with van der Waals surface area (Å²) in [4.78, 5) is 26.6. The second-order valence-electron chi connectivity index (χ2n) is 5.80. The first-order valence-electron chi connectivity index (χ1n) is 7.99. The van der Waals surface area contributed by atoms with Gasteiger partial charge < -0.3 is 15.4 Å². The molecule has 1 heterocycles. The summed E-state index contributed by atoms with van der Waals surface area (Å²) < 4.78 is 5.50. The number of benzene rings is 2. The third-order valence-electron chi connectivity index (χ3n) is 4.20. The fraction of sp³-hybridized carbons (Fsp3) is 0.263. The number of esters is 1. The van der Waals surface area contributed by atoms with Crippen molar-refractivity contribution in [2.24, 2.45) is 5.73 Å². The van der Waals surface area contributed by atoms with E-state index in [1.54, 1.807) is 0 Å². The van der Waals surface area contributed by atoms with Crippen LogP contribution in [0.4, 0.5) is 0 Å². The van der Waals surface area contributed by atoms with Gasteiger partial charge in [0.1, 0.15) is 18.0 Å². The molecule has 3 unspecified atom stereocenters.